The Balaban J connectivity index is 0.000000668. The van der Waals surface area contributed by atoms with Crippen molar-refractivity contribution >= 4 is 23.0 Å². The summed E-state index contributed by atoms with van der Waals surface area (Å²) in [6.45, 7) is 1.45. The summed E-state index contributed by atoms with van der Waals surface area (Å²) in [7, 11) is 1.93. The van der Waals surface area contributed by atoms with Crippen molar-refractivity contribution in [1.29, 1.82) is 0 Å². The fourth-order valence-electron chi connectivity index (χ4n) is 3.37. The van der Waals surface area contributed by atoms with Gasteiger partial charge in [0, 0.05) is 18.2 Å². The summed E-state index contributed by atoms with van der Waals surface area (Å²) in [6.07, 6.45) is 1.74. The second-order valence-electron chi connectivity index (χ2n) is 7.35. The number of rotatable bonds is 4. The zero-order chi connectivity index (χ0) is 23.5. The fraction of sp³-hybridized carbons (Fsp3) is 0.318. The third kappa shape index (κ3) is 4.59. The molecule has 0 spiro atoms. The maximum Gasteiger partial charge on any atom is 0.282 e. The molecule has 0 amide bonds. The molecule has 10 heteroatoms. The quantitative estimate of drug-likeness (QED) is 0.531. The summed E-state index contributed by atoms with van der Waals surface area (Å²) in [5.74, 6) is -4.32. The SMILES string of the molecule is CCNC.O=Cc1c(O)c2ncc(Cc3ccc(F)cc3)c3c2n(c1=O)CC(F)(F)CN3. The van der Waals surface area contributed by atoms with Gasteiger partial charge in [-0.05, 0) is 31.3 Å². The van der Waals surface area contributed by atoms with Crippen LogP contribution in [0.25, 0.3) is 11.0 Å². The number of aromatic nitrogens is 2. The van der Waals surface area contributed by atoms with E-state index in [1.54, 1.807) is 12.1 Å². The average molecular weight is 448 g/mol. The Morgan fingerprint density at radius 3 is 2.56 bits per heavy atom. The van der Waals surface area contributed by atoms with E-state index in [1.165, 1.54) is 18.3 Å². The summed E-state index contributed by atoms with van der Waals surface area (Å²) in [5, 5.41) is 15.8. The third-order valence-electron chi connectivity index (χ3n) is 5.05. The van der Waals surface area contributed by atoms with Crippen LogP contribution in [0, 0.1) is 5.82 Å². The number of carbonyl (C=O) groups excluding carboxylic acids is 1. The van der Waals surface area contributed by atoms with Gasteiger partial charge in [-0.1, -0.05) is 19.1 Å². The minimum atomic E-state index is -3.26. The van der Waals surface area contributed by atoms with Crippen LogP contribution < -0.4 is 16.2 Å². The molecule has 0 bridgehead atoms. The first-order chi connectivity index (χ1) is 15.2. The van der Waals surface area contributed by atoms with Gasteiger partial charge in [0.2, 0.25) is 0 Å². The van der Waals surface area contributed by atoms with Crippen LogP contribution in [0.2, 0.25) is 0 Å². The van der Waals surface area contributed by atoms with Gasteiger partial charge < -0.3 is 15.7 Å². The highest BCUT2D eigenvalue weighted by molar-refractivity contribution is 5.98. The standard InChI is InChI=1S/C19H14F3N3O3.C3H9N/c20-12-3-1-10(2-4-12)5-11-6-23-15-16-14(11)24-8-19(21,22)9-25(16)18(28)13(7-26)17(15)27;1-3-4-2/h1-4,6-7,24,27H,5,8-9H2;4H,3H2,1-2H3. The molecule has 2 aromatic heterocycles. The van der Waals surface area contributed by atoms with Crippen LogP contribution in [0.15, 0.2) is 35.3 Å². The highest BCUT2D eigenvalue weighted by Crippen LogP contribution is 2.36. The number of aromatic hydroxyl groups is 1. The maximum absolute atomic E-state index is 14.2. The number of anilines is 1. The molecule has 0 radical (unpaired) electrons. The number of pyridine rings is 2. The molecule has 1 aromatic carbocycles. The van der Waals surface area contributed by atoms with Gasteiger partial charge in [-0.2, -0.15) is 0 Å². The van der Waals surface area contributed by atoms with Crippen molar-refractivity contribution in [2.75, 3.05) is 25.5 Å². The number of benzene rings is 1. The van der Waals surface area contributed by atoms with Crippen LogP contribution >= 0.6 is 0 Å². The molecule has 32 heavy (non-hydrogen) atoms. The van der Waals surface area contributed by atoms with Gasteiger partial charge in [0.15, 0.2) is 12.0 Å². The Kier molecular flexibility index (Phi) is 6.83. The number of aldehydes is 1. The van der Waals surface area contributed by atoms with Crippen LogP contribution in [0.4, 0.5) is 18.9 Å². The minimum Gasteiger partial charge on any atom is -0.505 e. The number of carbonyl (C=O) groups is 1. The van der Waals surface area contributed by atoms with Crippen molar-refractivity contribution in [1.82, 2.24) is 14.9 Å². The van der Waals surface area contributed by atoms with E-state index in [0.717, 1.165) is 11.1 Å². The van der Waals surface area contributed by atoms with Crippen molar-refractivity contribution < 1.29 is 23.1 Å². The summed E-state index contributed by atoms with van der Waals surface area (Å²) in [4.78, 5) is 27.9. The molecule has 1 aliphatic rings. The van der Waals surface area contributed by atoms with E-state index in [0.29, 0.717) is 11.1 Å². The lowest BCUT2D eigenvalue weighted by Crippen LogP contribution is -2.35. The molecular weight excluding hydrogens is 425 g/mol. The molecule has 7 nitrogen and oxygen atoms in total. The lowest BCUT2D eigenvalue weighted by atomic mass is 10.0. The van der Waals surface area contributed by atoms with Gasteiger partial charge in [0.05, 0.1) is 24.3 Å². The average Bonchev–Trinajstić information content (AvgIpc) is 2.92. The summed E-state index contributed by atoms with van der Waals surface area (Å²) < 4.78 is 42.4. The lowest BCUT2D eigenvalue weighted by molar-refractivity contribution is -0.000905. The van der Waals surface area contributed by atoms with E-state index >= 15 is 0 Å². The zero-order valence-corrected chi connectivity index (χ0v) is 17.6. The van der Waals surface area contributed by atoms with Gasteiger partial charge in [-0.15, -0.1) is 0 Å². The lowest BCUT2D eigenvalue weighted by Gasteiger charge is -2.16. The molecule has 3 aromatic rings. The molecule has 170 valence electrons. The molecular formula is C22H23F3N4O3. The van der Waals surface area contributed by atoms with E-state index in [-0.39, 0.29) is 29.4 Å². The predicted octanol–water partition coefficient (Wildman–Crippen LogP) is 2.93. The Morgan fingerprint density at radius 2 is 1.97 bits per heavy atom. The molecule has 3 heterocycles. The van der Waals surface area contributed by atoms with Crippen molar-refractivity contribution in [2.24, 2.45) is 0 Å². The van der Waals surface area contributed by atoms with Crippen molar-refractivity contribution in [3.63, 3.8) is 0 Å². The van der Waals surface area contributed by atoms with E-state index in [2.05, 4.69) is 22.5 Å². The van der Waals surface area contributed by atoms with Gasteiger partial charge in [-0.3, -0.25) is 19.1 Å². The van der Waals surface area contributed by atoms with Crippen LogP contribution in [0.5, 0.6) is 5.75 Å². The number of halogens is 3. The summed E-state index contributed by atoms with van der Waals surface area (Å²) in [6, 6.07) is 5.66. The van der Waals surface area contributed by atoms with E-state index in [4.69, 9.17) is 0 Å². The Morgan fingerprint density at radius 1 is 1.31 bits per heavy atom. The van der Waals surface area contributed by atoms with Crippen molar-refractivity contribution in [3.05, 3.63) is 63.3 Å². The van der Waals surface area contributed by atoms with Gasteiger partial charge in [0.1, 0.15) is 16.9 Å². The second-order valence-corrected chi connectivity index (χ2v) is 7.35. The van der Waals surface area contributed by atoms with Crippen molar-refractivity contribution in [3.8, 4) is 5.75 Å². The largest absolute Gasteiger partial charge is 0.505 e. The van der Waals surface area contributed by atoms with Crippen LogP contribution in [-0.4, -0.2) is 47.0 Å². The number of hydrogen-bond donors (Lipinski definition) is 3. The van der Waals surface area contributed by atoms with Crippen LogP contribution in [-0.2, 0) is 13.0 Å². The number of alkyl halides is 2. The topological polar surface area (TPSA) is 96.2 Å². The Bertz CT molecular complexity index is 1190. The number of hydrogen-bond acceptors (Lipinski definition) is 6. The predicted molar refractivity (Wildman–Crippen MR) is 115 cm³/mol. The number of nitrogens with zero attached hydrogens (tertiary/aromatic N) is 2. The van der Waals surface area contributed by atoms with E-state index in [9.17, 15) is 27.9 Å². The molecule has 0 fully saturated rings. The Hall–Kier alpha value is -3.40. The maximum atomic E-state index is 14.2. The van der Waals surface area contributed by atoms with Crippen LogP contribution in [0.3, 0.4) is 0 Å². The highest BCUT2D eigenvalue weighted by atomic mass is 19.3. The van der Waals surface area contributed by atoms with E-state index in [1.807, 2.05) is 7.05 Å². The smallest absolute Gasteiger partial charge is 0.282 e. The normalized spacial score (nSPS) is 14.2. The molecule has 4 rings (SSSR count). The van der Waals surface area contributed by atoms with Gasteiger partial charge in [-0.25, -0.2) is 13.2 Å². The molecule has 0 aliphatic carbocycles. The Labute approximate surface area is 181 Å². The highest BCUT2D eigenvalue weighted by Gasteiger charge is 2.36. The molecule has 1 aliphatic heterocycles. The molecule has 0 saturated heterocycles. The van der Waals surface area contributed by atoms with Gasteiger partial charge in [0.25, 0.3) is 11.5 Å². The van der Waals surface area contributed by atoms with Gasteiger partial charge >= 0.3 is 0 Å². The third-order valence-corrected chi connectivity index (χ3v) is 5.05. The van der Waals surface area contributed by atoms with Crippen LogP contribution in [0.1, 0.15) is 28.4 Å². The monoisotopic (exact) mass is 448 g/mol. The second kappa shape index (κ2) is 9.39. The summed E-state index contributed by atoms with van der Waals surface area (Å²) in [5.41, 5.74) is -0.325. The van der Waals surface area contributed by atoms with E-state index < -0.39 is 41.7 Å². The summed E-state index contributed by atoms with van der Waals surface area (Å²) >= 11 is 0. The van der Waals surface area contributed by atoms with Crippen molar-refractivity contribution in [2.45, 2.75) is 25.8 Å². The first kappa shape index (κ1) is 23.3. The molecule has 0 atom stereocenters. The molecule has 0 saturated carbocycles. The molecule has 3 N–H and O–H groups in total. The number of nitrogens with one attached hydrogen (secondary N) is 2. The first-order valence-corrected chi connectivity index (χ1v) is 9.95. The zero-order valence-electron chi connectivity index (χ0n) is 17.6. The minimum absolute atomic E-state index is 0.00452. The molecule has 0 unspecified atom stereocenters. The fourth-order valence-corrected chi connectivity index (χ4v) is 3.37. The first-order valence-electron chi connectivity index (χ1n) is 9.95.